The van der Waals surface area contributed by atoms with Crippen molar-refractivity contribution in [2.24, 2.45) is 4.99 Å². The van der Waals surface area contributed by atoms with Crippen molar-refractivity contribution >= 4 is 17.4 Å². The van der Waals surface area contributed by atoms with E-state index < -0.39 is 0 Å². The zero-order valence-electron chi connectivity index (χ0n) is 17.6. The molecule has 3 heterocycles. The van der Waals surface area contributed by atoms with Gasteiger partial charge >= 0.3 is 0 Å². The van der Waals surface area contributed by atoms with Gasteiger partial charge in [0.25, 0.3) is 0 Å². The van der Waals surface area contributed by atoms with E-state index in [-0.39, 0.29) is 18.2 Å². The van der Waals surface area contributed by atoms with Gasteiger partial charge < -0.3 is 24.4 Å². The highest BCUT2D eigenvalue weighted by atomic mass is 16.5. The molecule has 2 aliphatic heterocycles. The molecular formula is C21H34N4O3. The Morgan fingerprint density at radius 3 is 2.86 bits per heavy atom. The minimum absolute atomic E-state index is 0.218. The van der Waals surface area contributed by atoms with Gasteiger partial charge in [-0.2, -0.15) is 0 Å². The Balaban J connectivity index is 1.70. The van der Waals surface area contributed by atoms with Crippen LogP contribution in [0.4, 0.5) is 11.5 Å². The number of anilines is 2. The number of rotatable bonds is 9. The third-order valence-electron chi connectivity index (χ3n) is 5.25. The van der Waals surface area contributed by atoms with Crippen molar-refractivity contribution in [3.8, 4) is 0 Å². The van der Waals surface area contributed by atoms with E-state index in [1.54, 1.807) is 7.11 Å². The van der Waals surface area contributed by atoms with E-state index in [0.717, 1.165) is 62.9 Å². The van der Waals surface area contributed by atoms with Crippen LogP contribution in [-0.2, 0) is 20.6 Å². The zero-order chi connectivity index (χ0) is 19.9. The Kier molecular flexibility index (Phi) is 7.50. The second-order valence-corrected chi connectivity index (χ2v) is 7.58. The maximum Gasteiger partial charge on any atom is 0.184 e. The monoisotopic (exact) mass is 390 g/mol. The van der Waals surface area contributed by atoms with Crippen molar-refractivity contribution in [1.29, 1.82) is 0 Å². The number of ether oxygens (including phenoxy) is 3. The Morgan fingerprint density at radius 1 is 1.29 bits per heavy atom. The summed E-state index contributed by atoms with van der Waals surface area (Å²) in [6.07, 6.45) is 3.05. The summed E-state index contributed by atoms with van der Waals surface area (Å²) in [5, 5.41) is 3.37. The number of hydrogen-bond donors (Lipinski definition) is 1. The molecular weight excluding hydrogens is 356 g/mol. The van der Waals surface area contributed by atoms with Gasteiger partial charge in [-0.15, -0.1) is 0 Å². The Bertz CT molecular complexity index is 667. The molecule has 7 heteroatoms. The summed E-state index contributed by atoms with van der Waals surface area (Å²) in [5.74, 6) is 1.75. The van der Waals surface area contributed by atoms with Gasteiger partial charge in [0.2, 0.25) is 0 Å². The number of pyridine rings is 1. The molecule has 0 bridgehead atoms. The first-order valence-electron chi connectivity index (χ1n) is 10.4. The fourth-order valence-electron chi connectivity index (χ4n) is 3.70. The lowest BCUT2D eigenvalue weighted by molar-refractivity contribution is 0.0532. The highest BCUT2D eigenvalue weighted by Gasteiger charge is 2.25. The summed E-state index contributed by atoms with van der Waals surface area (Å²) in [7, 11) is 1.71. The first-order chi connectivity index (χ1) is 13.6. The Hall–Kier alpha value is -1.86. The van der Waals surface area contributed by atoms with Gasteiger partial charge in [-0.25, -0.2) is 9.98 Å². The van der Waals surface area contributed by atoms with Gasteiger partial charge in [0.1, 0.15) is 11.9 Å². The van der Waals surface area contributed by atoms with Crippen LogP contribution in [0.5, 0.6) is 0 Å². The number of nitrogens with one attached hydrogen (secondary N) is 1. The van der Waals surface area contributed by atoms with E-state index in [2.05, 4.69) is 48.1 Å². The zero-order valence-corrected chi connectivity index (χ0v) is 17.6. The number of aliphatic imine (C=N–C) groups is 1. The SMILES string of the molecule is CCC1OC(CCc2cc(N3CCOC(C)C3)cc(NCCOC)n2)=NC1C. The lowest BCUT2D eigenvalue weighted by Crippen LogP contribution is -2.41. The summed E-state index contributed by atoms with van der Waals surface area (Å²) < 4.78 is 16.8. The molecule has 28 heavy (non-hydrogen) atoms. The molecule has 1 aromatic rings. The molecule has 0 radical (unpaired) electrons. The average Bonchev–Trinajstić information content (AvgIpc) is 3.06. The second-order valence-electron chi connectivity index (χ2n) is 7.58. The fraction of sp³-hybridized carbons (Fsp3) is 0.714. The van der Waals surface area contributed by atoms with Crippen LogP contribution in [0.1, 0.15) is 39.3 Å². The quantitative estimate of drug-likeness (QED) is 0.654. The van der Waals surface area contributed by atoms with Gasteiger partial charge in [-0.3, -0.25) is 0 Å². The van der Waals surface area contributed by atoms with Crippen molar-refractivity contribution in [2.75, 3.05) is 50.2 Å². The molecule has 156 valence electrons. The number of aromatic nitrogens is 1. The summed E-state index contributed by atoms with van der Waals surface area (Å²) in [5.41, 5.74) is 2.24. The highest BCUT2D eigenvalue weighted by molar-refractivity contribution is 5.78. The van der Waals surface area contributed by atoms with Crippen LogP contribution in [-0.4, -0.2) is 69.1 Å². The van der Waals surface area contributed by atoms with E-state index in [9.17, 15) is 0 Å². The maximum absolute atomic E-state index is 5.98. The number of nitrogens with zero attached hydrogens (tertiary/aromatic N) is 3. The molecule has 3 unspecified atom stereocenters. The minimum Gasteiger partial charge on any atom is -0.475 e. The molecule has 3 atom stereocenters. The average molecular weight is 391 g/mol. The van der Waals surface area contributed by atoms with E-state index in [4.69, 9.17) is 19.2 Å². The molecule has 0 saturated carbocycles. The van der Waals surface area contributed by atoms with Gasteiger partial charge in [0.05, 0.1) is 25.4 Å². The largest absolute Gasteiger partial charge is 0.475 e. The van der Waals surface area contributed by atoms with Crippen molar-refractivity contribution in [3.05, 3.63) is 17.8 Å². The summed E-state index contributed by atoms with van der Waals surface area (Å²) in [4.78, 5) is 11.8. The van der Waals surface area contributed by atoms with Crippen molar-refractivity contribution in [1.82, 2.24) is 4.98 Å². The second kappa shape index (κ2) is 10.1. The lowest BCUT2D eigenvalue weighted by atomic mass is 10.1. The number of morpholine rings is 1. The predicted octanol–water partition coefficient (Wildman–Crippen LogP) is 2.89. The molecule has 0 aromatic carbocycles. The third-order valence-corrected chi connectivity index (χ3v) is 5.25. The molecule has 2 aliphatic rings. The highest BCUT2D eigenvalue weighted by Crippen LogP contribution is 2.24. The normalized spacial score (nSPS) is 24.8. The van der Waals surface area contributed by atoms with Crippen LogP contribution < -0.4 is 10.2 Å². The van der Waals surface area contributed by atoms with Crippen molar-refractivity contribution in [3.63, 3.8) is 0 Å². The van der Waals surface area contributed by atoms with E-state index in [1.165, 1.54) is 5.69 Å². The molecule has 7 nitrogen and oxygen atoms in total. The van der Waals surface area contributed by atoms with Gasteiger partial charge in [-0.05, 0) is 32.8 Å². The molecule has 1 N–H and O–H groups in total. The van der Waals surface area contributed by atoms with Crippen LogP contribution >= 0.6 is 0 Å². The number of aryl methyl sites for hydroxylation is 1. The fourth-order valence-corrected chi connectivity index (χ4v) is 3.70. The third kappa shape index (κ3) is 5.58. The van der Waals surface area contributed by atoms with Gasteiger partial charge in [-0.1, -0.05) is 6.92 Å². The number of hydrogen-bond acceptors (Lipinski definition) is 7. The van der Waals surface area contributed by atoms with Crippen LogP contribution in [0.25, 0.3) is 0 Å². The van der Waals surface area contributed by atoms with Crippen LogP contribution in [0.3, 0.4) is 0 Å². The Morgan fingerprint density at radius 2 is 2.14 bits per heavy atom. The van der Waals surface area contributed by atoms with Crippen LogP contribution in [0, 0.1) is 0 Å². The molecule has 3 rings (SSSR count). The molecule has 1 saturated heterocycles. The maximum atomic E-state index is 5.98. The minimum atomic E-state index is 0.218. The first kappa shape index (κ1) is 20.9. The van der Waals surface area contributed by atoms with Gasteiger partial charge in [0.15, 0.2) is 5.90 Å². The molecule has 0 amide bonds. The van der Waals surface area contributed by atoms with Crippen LogP contribution in [0.2, 0.25) is 0 Å². The first-order valence-corrected chi connectivity index (χ1v) is 10.4. The summed E-state index contributed by atoms with van der Waals surface area (Å²) in [6.45, 7) is 10.3. The number of methoxy groups -OCH3 is 1. The summed E-state index contributed by atoms with van der Waals surface area (Å²) in [6, 6.07) is 4.56. The smallest absolute Gasteiger partial charge is 0.184 e. The topological polar surface area (TPSA) is 68.2 Å². The standard InChI is InChI=1S/C21H34N4O3/c1-5-19-16(3)23-21(28-19)7-6-17-12-18(25-9-11-27-15(2)14-25)13-20(24-17)22-8-10-26-4/h12-13,15-16,19H,5-11,14H2,1-4H3,(H,22,24). The molecule has 0 spiro atoms. The van der Waals surface area contributed by atoms with E-state index in [1.807, 2.05) is 0 Å². The van der Waals surface area contributed by atoms with E-state index >= 15 is 0 Å². The molecule has 1 aromatic heterocycles. The van der Waals surface area contributed by atoms with Crippen LogP contribution in [0.15, 0.2) is 17.1 Å². The Labute approximate surface area is 168 Å². The summed E-state index contributed by atoms with van der Waals surface area (Å²) >= 11 is 0. The lowest BCUT2D eigenvalue weighted by Gasteiger charge is -2.33. The predicted molar refractivity (Wildman–Crippen MR) is 113 cm³/mol. The van der Waals surface area contributed by atoms with Gasteiger partial charge in [0, 0.05) is 50.6 Å². The van der Waals surface area contributed by atoms with Crippen molar-refractivity contribution in [2.45, 2.75) is 58.3 Å². The van der Waals surface area contributed by atoms with Crippen molar-refractivity contribution < 1.29 is 14.2 Å². The molecule has 1 fully saturated rings. The molecule has 0 aliphatic carbocycles. The van der Waals surface area contributed by atoms with E-state index in [0.29, 0.717) is 6.61 Å².